The maximum Gasteiger partial charge on any atom is 0.490 e. The summed E-state index contributed by atoms with van der Waals surface area (Å²) in [5.41, 5.74) is 0.432. The number of hydrogen-bond acceptors (Lipinski definition) is 4. The SMILES string of the molecule is O=C(NCC1CCN(CC2CCCCC2)C1)c1cc(-c2cccc(C(F)(F)F)c2)cs1.O=C(O)C(F)(F)F. The minimum atomic E-state index is -5.08. The topological polar surface area (TPSA) is 69.6 Å². The molecule has 2 N–H and O–H groups in total. The number of alkyl halides is 6. The van der Waals surface area contributed by atoms with E-state index in [1.807, 2.05) is 0 Å². The average molecular weight is 565 g/mol. The predicted molar refractivity (Wildman–Crippen MR) is 132 cm³/mol. The third kappa shape index (κ3) is 9.00. The highest BCUT2D eigenvalue weighted by atomic mass is 32.1. The molecule has 38 heavy (non-hydrogen) atoms. The molecule has 0 bridgehead atoms. The molecule has 1 aromatic carbocycles. The number of thiophene rings is 1. The van der Waals surface area contributed by atoms with Crippen LogP contribution < -0.4 is 5.32 Å². The van der Waals surface area contributed by atoms with Gasteiger partial charge in [-0.3, -0.25) is 4.79 Å². The van der Waals surface area contributed by atoms with Gasteiger partial charge in [-0.2, -0.15) is 26.3 Å². The van der Waals surface area contributed by atoms with Crippen LogP contribution in [0.1, 0.15) is 53.8 Å². The molecule has 1 aliphatic carbocycles. The molecular weight excluding hydrogens is 534 g/mol. The molecule has 2 heterocycles. The average Bonchev–Trinajstić information content (AvgIpc) is 3.53. The molecule has 5 nitrogen and oxygen atoms in total. The Morgan fingerprint density at radius 3 is 2.29 bits per heavy atom. The van der Waals surface area contributed by atoms with Gasteiger partial charge in [0.1, 0.15) is 0 Å². The van der Waals surface area contributed by atoms with E-state index < -0.39 is 23.9 Å². The van der Waals surface area contributed by atoms with Gasteiger partial charge in [0.25, 0.3) is 5.91 Å². The second kappa shape index (κ2) is 13.0. The van der Waals surface area contributed by atoms with Crippen LogP contribution in [0.4, 0.5) is 26.3 Å². The van der Waals surface area contributed by atoms with Gasteiger partial charge in [0.05, 0.1) is 10.4 Å². The van der Waals surface area contributed by atoms with Crippen LogP contribution in [-0.4, -0.2) is 54.2 Å². The number of benzene rings is 1. The maximum absolute atomic E-state index is 13.0. The molecule has 12 heteroatoms. The molecule has 2 fully saturated rings. The maximum atomic E-state index is 13.0. The van der Waals surface area contributed by atoms with Gasteiger partial charge in [0.15, 0.2) is 0 Å². The first kappa shape index (κ1) is 29.9. The molecule has 1 aromatic heterocycles. The normalized spacial score (nSPS) is 19.1. The minimum Gasteiger partial charge on any atom is -0.475 e. The molecule has 1 amide bonds. The molecule has 1 saturated heterocycles. The van der Waals surface area contributed by atoms with Crippen molar-refractivity contribution < 1.29 is 41.0 Å². The van der Waals surface area contributed by atoms with Crippen LogP contribution in [0.25, 0.3) is 11.1 Å². The highest BCUT2D eigenvalue weighted by molar-refractivity contribution is 7.12. The van der Waals surface area contributed by atoms with Gasteiger partial charge in [0.2, 0.25) is 0 Å². The largest absolute Gasteiger partial charge is 0.490 e. The monoisotopic (exact) mass is 564 g/mol. The summed E-state index contributed by atoms with van der Waals surface area (Å²) in [6.07, 6.45) is -1.55. The summed E-state index contributed by atoms with van der Waals surface area (Å²) in [6.45, 7) is 3.99. The third-order valence-corrected chi connectivity index (χ3v) is 7.68. The lowest BCUT2D eigenvalue weighted by Crippen LogP contribution is -2.32. The third-order valence-electron chi connectivity index (χ3n) is 6.75. The summed E-state index contributed by atoms with van der Waals surface area (Å²) in [6, 6.07) is 6.90. The predicted octanol–water partition coefficient (Wildman–Crippen LogP) is 6.70. The number of nitrogens with one attached hydrogen (secondary N) is 1. The van der Waals surface area contributed by atoms with Crippen molar-refractivity contribution in [3.05, 3.63) is 46.2 Å². The molecular formula is C26H30F6N2O3S. The zero-order chi connectivity index (χ0) is 27.9. The van der Waals surface area contributed by atoms with Gasteiger partial charge >= 0.3 is 18.3 Å². The number of aliphatic carboxylic acids is 1. The zero-order valence-electron chi connectivity index (χ0n) is 20.6. The first-order valence-corrected chi connectivity index (χ1v) is 13.3. The minimum absolute atomic E-state index is 0.144. The summed E-state index contributed by atoms with van der Waals surface area (Å²) in [5.74, 6) is -1.60. The summed E-state index contributed by atoms with van der Waals surface area (Å²) >= 11 is 1.27. The van der Waals surface area contributed by atoms with Crippen LogP contribution >= 0.6 is 11.3 Å². The number of carboxylic acid groups (broad SMARTS) is 1. The van der Waals surface area contributed by atoms with E-state index in [1.165, 1.54) is 56.1 Å². The Balaban J connectivity index is 0.000000505. The first-order valence-electron chi connectivity index (χ1n) is 12.4. The Hall–Kier alpha value is -2.60. The van der Waals surface area contributed by atoms with E-state index in [2.05, 4.69) is 10.2 Å². The fourth-order valence-corrected chi connectivity index (χ4v) is 5.62. The smallest absolute Gasteiger partial charge is 0.475 e. The lowest BCUT2D eigenvalue weighted by Gasteiger charge is -2.26. The number of nitrogens with zero attached hydrogens (tertiary/aromatic N) is 1. The molecule has 1 atom stereocenters. The van der Waals surface area contributed by atoms with E-state index in [0.29, 0.717) is 28.5 Å². The first-order chi connectivity index (χ1) is 17.8. The van der Waals surface area contributed by atoms with Crippen molar-refractivity contribution in [2.75, 3.05) is 26.2 Å². The second-order valence-corrected chi connectivity index (χ2v) is 10.6. The van der Waals surface area contributed by atoms with Crippen LogP contribution in [0.15, 0.2) is 35.7 Å². The second-order valence-electron chi connectivity index (χ2n) is 9.71. The Kier molecular flexibility index (Phi) is 10.2. The number of amides is 1. The van der Waals surface area contributed by atoms with Crippen LogP contribution in [-0.2, 0) is 11.0 Å². The van der Waals surface area contributed by atoms with Crippen molar-refractivity contribution in [2.24, 2.45) is 11.8 Å². The molecule has 0 radical (unpaired) electrons. The van der Waals surface area contributed by atoms with E-state index in [-0.39, 0.29) is 5.91 Å². The Labute approximate surface area is 220 Å². The number of likely N-dealkylation sites (tertiary alicyclic amines) is 1. The van der Waals surface area contributed by atoms with Gasteiger partial charge in [-0.1, -0.05) is 31.4 Å². The Bertz CT molecular complexity index is 1080. The number of carbonyl (C=O) groups excluding carboxylic acids is 1. The zero-order valence-corrected chi connectivity index (χ0v) is 21.4. The van der Waals surface area contributed by atoms with Crippen LogP contribution in [0.2, 0.25) is 0 Å². The molecule has 4 rings (SSSR count). The lowest BCUT2D eigenvalue weighted by atomic mass is 9.89. The Morgan fingerprint density at radius 1 is 0.974 bits per heavy atom. The molecule has 210 valence electrons. The van der Waals surface area contributed by atoms with E-state index in [9.17, 15) is 31.1 Å². The standard InChI is InChI=1S/C24H29F3N2OS.C2HF3O2/c25-24(26,27)21-8-4-7-19(11-21)20-12-22(31-16-20)23(30)28-13-18-9-10-29(15-18)14-17-5-2-1-3-6-17;3-2(4,5)1(6)7/h4,7-8,11-12,16-18H,1-3,5-6,9-10,13-15H2,(H,28,30);(H,6,7). The van der Waals surface area contributed by atoms with Crippen molar-refractivity contribution in [2.45, 2.75) is 50.9 Å². The summed E-state index contributed by atoms with van der Waals surface area (Å²) in [7, 11) is 0. The van der Waals surface area contributed by atoms with Crippen molar-refractivity contribution >= 4 is 23.2 Å². The highest BCUT2D eigenvalue weighted by Crippen LogP contribution is 2.33. The molecule has 1 unspecified atom stereocenters. The molecule has 1 aliphatic heterocycles. The van der Waals surface area contributed by atoms with E-state index in [0.717, 1.165) is 37.6 Å². The fraction of sp³-hybridized carbons (Fsp3) is 0.538. The highest BCUT2D eigenvalue weighted by Gasteiger charge is 2.38. The fourth-order valence-electron chi connectivity index (χ4n) is 4.79. The van der Waals surface area contributed by atoms with Crippen molar-refractivity contribution in [1.29, 1.82) is 0 Å². The van der Waals surface area contributed by atoms with E-state index in [1.54, 1.807) is 17.5 Å². The number of hydrogen-bond donors (Lipinski definition) is 2. The lowest BCUT2D eigenvalue weighted by molar-refractivity contribution is -0.192. The van der Waals surface area contributed by atoms with Crippen molar-refractivity contribution in [3.8, 4) is 11.1 Å². The van der Waals surface area contributed by atoms with Crippen LogP contribution in [0.3, 0.4) is 0 Å². The van der Waals surface area contributed by atoms with Crippen LogP contribution in [0.5, 0.6) is 0 Å². The van der Waals surface area contributed by atoms with Gasteiger partial charge < -0.3 is 15.3 Å². The number of rotatable bonds is 6. The van der Waals surface area contributed by atoms with Gasteiger partial charge in [-0.25, -0.2) is 4.79 Å². The number of carbonyl (C=O) groups is 2. The van der Waals surface area contributed by atoms with E-state index in [4.69, 9.17) is 9.90 Å². The van der Waals surface area contributed by atoms with Gasteiger partial charge in [0, 0.05) is 19.6 Å². The van der Waals surface area contributed by atoms with Crippen molar-refractivity contribution in [1.82, 2.24) is 10.2 Å². The Morgan fingerprint density at radius 2 is 1.66 bits per heavy atom. The molecule has 1 saturated carbocycles. The van der Waals surface area contributed by atoms with Gasteiger partial charge in [-0.05, 0) is 72.3 Å². The van der Waals surface area contributed by atoms with Crippen LogP contribution in [0, 0.1) is 11.8 Å². The number of halogens is 6. The summed E-state index contributed by atoms with van der Waals surface area (Å²) < 4.78 is 70.6. The van der Waals surface area contributed by atoms with Gasteiger partial charge in [-0.15, -0.1) is 11.3 Å². The quantitative estimate of drug-likeness (QED) is 0.383. The number of carboxylic acids is 1. The molecule has 2 aliphatic rings. The van der Waals surface area contributed by atoms with Crippen molar-refractivity contribution in [3.63, 3.8) is 0 Å². The summed E-state index contributed by atoms with van der Waals surface area (Å²) in [5, 5.41) is 11.9. The molecule has 2 aromatic rings. The van der Waals surface area contributed by atoms with E-state index >= 15 is 0 Å². The summed E-state index contributed by atoms with van der Waals surface area (Å²) in [4.78, 5) is 24.5. The molecule has 0 spiro atoms.